The Hall–Kier alpha value is -1.02. The van der Waals surface area contributed by atoms with Crippen molar-refractivity contribution in [2.45, 2.75) is 51.6 Å². The van der Waals surface area contributed by atoms with E-state index in [0.29, 0.717) is 12.1 Å². The van der Waals surface area contributed by atoms with Gasteiger partial charge >= 0.3 is 0 Å². The maximum Gasteiger partial charge on any atom is 0.0361 e. The van der Waals surface area contributed by atoms with Crippen LogP contribution in [0.15, 0.2) is 24.3 Å². The van der Waals surface area contributed by atoms with Crippen molar-refractivity contribution in [3.63, 3.8) is 0 Å². The fourth-order valence-corrected chi connectivity index (χ4v) is 4.58. The van der Waals surface area contributed by atoms with Crippen molar-refractivity contribution in [3.05, 3.63) is 29.8 Å². The number of nitrogens with zero attached hydrogens (tertiary/aromatic N) is 1. The molecule has 0 aliphatic heterocycles. The molecule has 0 aromatic heterocycles. The number of fused-ring (bicyclic) bond motifs is 2. The largest absolute Gasteiger partial charge is 0.378 e. The lowest BCUT2D eigenvalue weighted by Crippen LogP contribution is -2.37. The average molecular weight is 286 g/mol. The molecule has 2 saturated carbocycles. The van der Waals surface area contributed by atoms with Crippen LogP contribution >= 0.6 is 0 Å². The van der Waals surface area contributed by atoms with Gasteiger partial charge in [-0.15, -0.1) is 0 Å². The molecule has 5 atom stereocenters. The highest BCUT2D eigenvalue weighted by Gasteiger charge is 2.41. The molecule has 116 valence electrons. The molecule has 2 aliphatic rings. The van der Waals surface area contributed by atoms with Crippen molar-refractivity contribution in [3.8, 4) is 0 Å². The van der Waals surface area contributed by atoms with E-state index in [1.807, 2.05) is 0 Å². The fraction of sp³-hybridized carbons (Fsp3) is 0.684. The zero-order valence-electron chi connectivity index (χ0n) is 14.0. The molecular formula is C19H30N2. The van der Waals surface area contributed by atoms with Gasteiger partial charge in [-0.05, 0) is 68.6 Å². The lowest BCUT2D eigenvalue weighted by Gasteiger charge is -2.31. The number of nitrogens with one attached hydrogen (secondary N) is 1. The van der Waals surface area contributed by atoms with Crippen molar-refractivity contribution >= 4 is 5.69 Å². The summed E-state index contributed by atoms with van der Waals surface area (Å²) < 4.78 is 0. The summed E-state index contributed by atoms with van der Waals surface area (Å²) in [6.07, 6.45) is 5.94. The number of hydrogen-bond acceptors (Lipinski definition) is 2. The maximum absolute atomic E-state index is 3.86. The van der Waals surface area contributed by atoms with E-state index in [1.54, 1.807) is 0 Å². The Bertz CT molecular complexity index is 465. The molecule has 0 heterocycles. The molecule has 1 aromatic carbocycles. The second-order valence-electron chi connectivity index (χ2n) is 7.50. The van der Waals surface area contributed by atoms with E-state index in [9.17, 15) is 0 Å². The van der Waals surface area contributed by atoms with Crippen LogP contribution < -0.4 is 10.2 Å². The van der Waals surface area contributed by atoms with Gasteiger partial charge in [-0.1, -0.05) is 18.6 Å². The molecule has 1 N–H and O–H groups in total. The first kappa shape index (κ1) is 14.9. The monoisotopic (exact) mass is 286 g/mol. The van der Waals surface area contributed by atoms with Gasteiger partial charge in [0.2, 0.25) is 0 Å². The minimum absolute atomic E-state index is 0.440. The molecule has 0 radical (unpaired) electrons. The van der Waals surface area contributed by atoms with Crippen LogP contribution in [0.4, 0.5) is 5.69 Å². The third-order valence-electron chi connectivity index (χ3n) is 5.86. The normalized spacial score (nSPS) is 30.4. The highest BCUT2D eigenvalue weighted by Crippen LogP contribution is 2.49. The second kappa shape index (κ2) is 6.00. The highest BCUT2D eigenvalue weighted by molar-refractivity contribution is 5.46. The maximum atomic E-state index is 3.86. The average Bonchev–Trinajstić information content (AvgIpc) is 3.10. The van der Waals surface area contributed by atoms with Crippen molar-refractivity contribution in [1.29, 1.82) is 0 Å². The molecule has 0 spiro atoms. The summed E-state index contributed by atoms with van der Waals surface area (Å²) in [5.41, 5.74) is 2.67. The first-order valence-electron chi connectivity index (χ1n) is 8.58. The first-order valence-corrected chi connectivity index (χ1v) is 8.58. The lowest BCUT2D eigenvalue weighted by atomic mass is 9.83. The lowest BCUT2D eigenvalue weighted by molar-refractivity contribution is 0.248. The zero-order valence-corrected chi connectivity index (χ0v) is 14.0. The molecular weight excluding hydrogens is 256 g/mol. The number of rotatable bonds is 5. The van der Waals surface area contributed by atoms with Gasteiger partial charge in [0.1, 0.15) is 0 Å². The van der Waals surface area contributed by atoms with Gasteiger partial charge in [-0.3, -0.25) is 0 Å². The van der Waals surface area contributed by atoms with Crippen LogP contribution in [0.5, 0.6) is 0 Å². The minimum Gasteiger partial charge on any atom is -0.378 e. The predicted octanol–water partition coefficient (Wildman–Crippen LogP) is 4.23. The number of anilines is 1. The van der Waals surface area contributed by atoms with Gasteiger partial charge in [-0.2, -0.15) is 0 Å². The van der Waals surface area contributed by atoms with E-state index in [2.05, 4.69) is 62.4 Å². The van der Waals surface area contributed by atoms with Gasteiger partial charge in [0.25, 0.3) is 0 Å². The van der Waals surface area contributed by atoms with E-state index in [1.165, 1.54) is 36.9 Å². The minimum atomic E-state index is 0.440. The van der Waals surface area contributed by atoms with Crippen LogP contribution in [-0.2, 0) is 0 Å². The summed E-state index contributed by atoms with van der Waals surface area (Å²) >= 11 is 0. The fourth-order valence-electron chi connectivity index (χ4n) is 4.58. The molecule has 2 heteroatoms. The Labute approximate surface area is 129 Å². The van der Waals surface area contributed by atoms with Crippen molar-refractivity contribution in [1.82, 2.24) is 5.32 Å². The molecule has 5 unspecified atom stereocenters. The molecule has 1 aromatic rings. The van der Waals surface area contributed by atoms with E-state index in [0.717, 1.165) is 17.8 Å². The predicted molar refractivity (Wildman–Crippen MR) is 90.7 cm³/mol. The zero-order chi connectivity index (χ0) is 15.0. The molecule has 2 fully saturated rings. The smallest absolute Gasteiger partial charge is 0.0361 e. The van der Waals surface area contributed by atoms with Gasteiger partial charge in [0, 0.05) is 31.9 Å². The van der Waals surface area contributed by atoms with Gasteiger partial charge < -0.3 is 10.2 Å². The molecule has 3 rings (SSSR count). The Morgan fingerprint density at radius 2 is 1.76 bits per heavy atom. The topological polar surface area (TPSA) is 15.3 Å². The van der Waals surface area contributed by atoms with Gasteiger partial charge in [0.05, 0.1) is 0 Å². The summed E-state index contributed by atoms with van der Waals surface area (Å²) in [5, 5.41) is 3.86. The van der Waals surface area contributed by atoms with Crippen LogP contribution in [0.25, 0.3) is 0 Å². The first-order chi connectivity index (χ1) is 10.0. The Morgan fingerprint density at radius 1 is 1.05 bits per heavy atom. The molecule has 2 nitrogen and oxygen atoms in total. The summed E-state index contributed by atoms with van der Waals surface area (Å²) in [4.78, 5) is 2.15. The Kier molecular flexibility index (Phi) is 4.26. The van der Waals surface area contributed by atoms with Gasteiger partial charge in [-0.25, -0.2) is 0 Å². The number of hydrogen-bond donors (Lipinski definition) is 1. The summed E-state index contributed by atoms with van der Waals surface area (Å²) in [6.45, 7) is 4.70. The molecule has 21 heavy (non-hydrogen) atoms. The molecule has 2 bridgehead atoms. The molecule has 0 amide bonds. The summed E-state index contributed by atoms with van der Waals surface area (Å²) in [5.74, 6) is 2.95. The quantitative estimate of drug-likeness (QED) is 0.871. The third-order valence-corrected chi connectivity index (χ3v) is 5.86. The van der Waals surface area contributed by atoms with E-state index >= 15 is 0 Å². The van der Waals surface area contributed by atoms with Crippen LogP contribution in [0, 0.1) is 17.8 Å². The van der Waals surface area contributed by atoms with Crippen LogP contribution in [-0.4, -0.2) is 20.1 Å². The molecule has 0 saturated heterocycles. The second-order valence-corrected chi connectivity index (χ2v) is 7.50. The highest BCUT2D eigenvalue weighted by atomic mass is 15.1. The van der Waals surface area contributed by atoms with Crippen LogP contribution in [0.3, 0.4) is 0 Å². The van der Waals surface area contributed by atoms with E-state index in [4.69, 9.17) is 0 Å². The van der Waals surface area contributed by atoms with Gasteiger partial charge in [0.15, 0.2) is 0 Å². The summed E-state index contributed by atoms with van der Waals surface area (Å²) in [7, 11) is 4.18. The van der Waals surface area contributed by atoms with Crippen LogP contribution in [0.2, 0.25) is 0 Å². The van der Waals surface area contributed by atoms with Crippen molar-refractivity contribution in [2.24, 2.45) is 17.8 Å². The van der Waals surface area contributed by atoms with Crippen molar-refractivity contribution in [2.75, 3.05) is 19.0 Å². The van der Waals surface area contributed by atoms with Crippen LogP contribution in [0.1, 0.15) is 51.1 Å². The third kappa shape index (κ3) is 3.11. The SMILES string of the molecule is CC(NC(C)C1CC2CCC1C2)c1ccc(N(C)C)cc1. The van der Waals surface area contributed by atoms with E-state index < -0.39 is 0 Å². The Morgan fingerprint density at radius 3 is 2.29 bits per heavy atom. The molecule has 2 aliphatic carbocycles. The number of benzene rings is 1. The standard InChI is InChI=1S/C19H30N2/c1-13(16-7-9-18(10-8-16)21(3)4)20-14(2)19-12-15-5-6-17(19)11-15/h7-10,13-15,17,19-20H,5-6,11-12H2,1-4H3. The Balaban J connectivity index is 1.59. The van der Waals surface area contributed by atoms with Crippen molar-refractivity contribution < 1.29 is 0 Å². The summed E-state index contributed by atoms with van der Waals surface area (Å²) in [6, 6.07) is 10.0. The van der Waals surface area contributed by atoms with E-state index in [-0.39, 0.29) is 0 Å².